The predicted molar refractivity (Wildman–Crippen MR) is 38.5 cm³/mol. The van der Waals surface area contributed by atoms with Crippen LogP contribution in [0.2, 0.25) is 0 Å². The van der Waals surface area contributed by atoms with E-state index in [0.717, 1.165) is 0 Å². The molecule has 0 atom stereocenters. The Morgan fingerprint density at radius 1 is 1.78 bits per heavy atom. The first-order valence-electron chi connectivity index (χ1n) is 2.54. The lowest BCUT2D eigenvalue weighted by atomic mass is 10.3. The summed E-state index contributed by atoms with van der Waals surface area (Å²) in [6, 6.07) is 1.60. The van der Waals surface area contributed by atoms with Crippen LogP contribution < -0.4 is 0 Å². The SMILES string of the molecule is CC(=N)c1sccc1O. The van der Waals surface area contributed by atoms with Crippen molar-refractivity contribution in [1.29, 1.82) is 5.41 Å². The molecule has 1 aromatic rings. The van der Waals surface area contributed by atoms with Crippen LogP contribution in [0.25, 0.3) is 0 Å². The first-order chi connectivity index (χ1) is 4.22. The fraction of sp³-hybridized carbons (Fsp3) is 0.167. The summed E-state index contributed by atoms with van der Waals surface area (Å²) >= 11 is 1.38. The molecular weight excluding hydrogens is 134 g/mol. The normalized spacial score (nSPS) is 9.44. The highest BCUT2D eigenvalue weighted by atomic mass is 32.1. The van der Waals surface area contributed by atoms with Gasteiger partial charge in [0.05, 0.1) is 4.88 Å². The molecule has 0 aliphatic rings. The van der Waals surface area contributed by atoms with Gasteiger partial charge in [0.25, 0.3) is 0 Å². The van der Waals surface area contributed by atoms with Gasteiger partial charge in [-0.15, -0.1) is 11.3 Å². The Morgan fingerprint density at radius 3 is 2.67 bits per heavy atom. The van der Waals surface area contributed by atoms with Crippen molar-refractivity contribution >= 4 is 17.0 Å². The molecule has 0 fully saturated rings. The Hall–Kier alpha value is -0.830. The molecule has 1 aromatic heterocycles. The summed E-state index contributed by atoms with van der Waals surface area (Å²) in [5, 5.41) is 17.9. The van der Waals surface area contributed by atoms with Gasteiger partial charge in [0.15, 0.2) is 0 Å². The number of thiophene rings is 1. The average molecular weight is 141 g/mol. The summed E-state index contributed by atoms with van der Waals surface area (Å²) in [5.74, 6) is 0.215. The maximum Gasteiger partial charge on any atom is 0.135 e. The lowest BCUT2D eigenvalue weighted by molar-refractivity contribution is 0.477. The molecule has 0 saturated carbocycles. The van der Waals surface area contributed by atoms with Crippen molar-refractivity contribution < 1.29 is 5.11 Å². The molecule has 1 rings (SSSR count). The highest BCUT2D eigenvalue weighted by molar-refractivity contribution is 7.12. The van der Waals surface area contributed by atoms with Gasteiger partial charge in [-0.05, 0) is 18.4 Å². The van der Waals surface area contributed by atoms with Crippen molar-refractivity contribution in [1.82, 2.24) is 0 Å². The van der Waals surface area contributed by atoms with Crippen molar-refractivity contribution in [3.8, 4) is 5.75 Å². The lowest BCUT2D eigenvalue weighted by Gasteiger charge is -1.90. The average Bonchev–Trinajstić information content (AvgIpc) is 2.13. The Morgan fingerprint density at radius 2 is 2.44 bits per heavy atom. The van der Waals surface area contributed by atoms with Gasteiger partial charge in [-0.1, -0.05) is 0 Å². The molecule has 0 amide bonds. The molecule has 0 radical (unpaired) electrons. The van der Waals surface area contributed by atoms with Gasteiger partial charge in [0.2, 0.25) is 0 Å². The van der Waals surface area contributed by atoms with Crippen molar-refractivity contribution in [2.45, 2.75) is 6.92 Å². The molecule has 2 nitrogen and oxygen atoms in total. The third-order valence-electron chi connectivity index (χ3n) is 0.985. The lowest BCUT2D eigenvalue weighted by Crippen LogP contribution is -1.85. The molecule has 0 aliphatic carbocycles. The van der Waals surface area contributed by atoms with Gasteiger partial charge >= 0.3 is 0 Å². The molecule has 48 valence electrons. The van der Waals surface area contributed by atoms with Crippen LogP contribution in [0.4, 0.5) is 0 Å². The number of nitrogens with one attached hydrogen (secondary N) is 1. The fourth-order valence-electron chi connectivity index (χ4n) is 0.583. The molecule has 0 spiro atoms. The Labute approximate surface area is 57.3 Å². The molecule has 9 heavy (non-hydrogen) atoms. The van der Waals surface area contributed by atoms with E-state index in [4.69, 9.17) is 10.5 Å². The van der Waals surface area contributed by atoms with Crippen LogP contribution in [-0.4, -0.2) is 10.8 Å². The minimum Gasteiger partial charge on any atom is -0.506 e. The Bertz CT molecular complexity index is 229. The van der Waals surface area contributed by atoms with E-state index in [-0.39, 0.29) is 5.75 Å². The van der Waals surface area contributed by atoms with E-state index in [1.165, 1.54) is 11.3 Å². The van der Waals surface area contributed by atoms with Crippen molar-refractivity contribution in [2.24, 2.45) is 0 Å². The molecule has 0 bridgehead atoms. The van der Waals surface area contributed by atoms with Crippen molar-refractivity contribution in [2.75, 3.05) is 0 Å². The summed E-state index contributed by atoms with van der Waals surface area (Å²) in [5.41, 5.74) is 0.419. The summed E-state index contributed by atoms with van der Waals surface area (Å²) in [6.45, 7) is 1.66. The van der Waals surface area contributed by atoms with Gasteiger partial charge in [-0.2, -0.15) is 0 Å². The standard InChI is InChI=1S/C6H7NOS/c1-4(7)6-5(8)2-3-9-6/h2-3,7-8H,1H3. The third-order valence-corrected chi connectivity index (χ3v) is 2.01. The number of aromatic hydroxyl groups is 1. The zero-order valence-electron chi connectivity index (χ0n) is 5.01. The van der Waals surface area contributed by atoms with E-state index >= 15 is 0 Å². The molecule has 0 aliphatic heterocycles. The first kappa shape index (κ1) is 6.29. The van der Waals surface area contributed by atoms with Crippen LogP contribution in [0.1, 0.15) is 11.8 Å². The second-order valence-electron chi connectivity index (χ2n) is 1.76. The predicted octanol–water partition coefficient (Wildman–Crippen LogP) is 1.84. The maximum atomic E-state index is 8.99. The van der Waals surface area contributed by atoms with E-state index in [0.29, 0.717) is 10.6 Å². The van der Waals surface area contributed by atoms with Crippen LogP contribution in [0.5, 0.6) is 5.75 Å². The van der Waals surface area contributed by atoms with Gasteiger partial charge in [-0.25, -0.2) is 0 Å². The van der Waals surface area contributed by atoms with Crippen LogP contribution >= 0.6 is 11.3 Å². The molecular formula is C6H7NOS. The smallest absolute Gasteiger partial charge is 0.135 e. The highest BCUT2D eigenvalue weighted by Gasteiger charge is 2.01. The number of hydrogen-bond acceptors (Lipinski definition) is 3. The molecule has 0 unspecified atom stereocenters. The zero-order valence-corrected chi connectivity index (χ0v) is 5.83. The van der Waals surface area contributed by atoms with E-state index in [2.05, 4.69) is 0 Å². The number of rotatable bonds is 1. The molecule has 2 N–H and O–H groups in total. The minimum atomic E-state index is 0.215. The van der Waals surface area contributed by atoms with E-state index in [1.807, 2.05) is 0 Å². The summed E-state index contributed by atoms with van der Waals surface area (Å²) < 4.78 is 0. The second kappa shape index (κ2) is 2.19. The van der Waals surface area contributed by atoms with Crippen molar-refractivity contribution in [3.63, 3.8) is 0 Å². The van der Waals surface area contributed by atoms with Gasteiger partial charge in [-0.3, -0.25) is 0 Å². The van der Waals surface area contributed by atoms with Crippen LogP contribution in [0.3, 0.4) is 0 Å². The van der Waals surface area contributed by atoms with Crippen molar-refractivity contribution in [3.05, 3.63) is 16.3 Å². The summed E-state index contributed by atoms with van der Waals surface area (Å²) in [4.78, 5) is 0.662. The monoisotopic (exact) mass is 141 g/mol. The second-order valence-corrected chi connectivity index (χ2v) is 2.68. The summed E-state index contributed by atoms with van der Waals surface area (Å²) in [6.07, 6.45) is 0. The van der Waals surface area contributed by atoms with E-state index in [9.17, 15) is 0 Å². The molecule has 0 saturated heterocycles. The van der Waals surface area contributed by atoms with Gasteiger partial charge in [0.1, 0.15) is 5.75 Å². The Kier molecular flexibility index (Phi) is 1.53. The number of hydrogen-bond donors (Lipinski definition) is 2. The minimum absolute atomic E-state index is 0.215. The molecule has 1 heterocycles. The van der Waals surface area contributed by atoms with Crippen LogP contribution in [0.15, 0.2) is 11.4 Å². The highest BCUT2D eigenvalue weighted by Crippen LogP contribution is 2.22. The van der Waals surface area contributed by atoms with Gasteiger partial charge < -0.3 is 10.5 Å². The summed E-state index contributed by atoms with van der Waals surface area (Å²) in [7, 11) is 0. The first-order valence-corrected chi connectivity index (χ1v) is 3.42. The topological polar surface area (TPSA) is 44.1 Å². The fourth-order valence-corrected chi connectivity index (χ4v) is 1.28. The molecule has 3 heteroatoms. The zero-order chi connectivity index (χ0) is 6.85. The molecule has 0 aromatic carbocycles. The third kappa shape index (κ3) is 1.10. The van der Waals surface area contributed by atoms with Crippen LogP contribution in [0, 0.1) is 5.41 Å². The van der Waals surface area contributed by atoms with E-state index < -0.39 is 0 Å². The quantitative estimate of drug-likeness (QED) is 0.576. The van der Waals surface area contributed by atoms with Crippen LogP contribution in [-0.2, 0) is 0 Å². The largest absolute Gasteiger partial charge is 0.506 e. The maximum absolute atomic E-state index is 8.99. The van der Waals surface area contributed by atoms with E-state index in [1.54, 1.807) is 18.4 Å². The Balaban J connectivity index is 3.08. The van der Waals surface area contributed by atoms with Gasteiger partial charge in [0, 0.05) is 5.71 Å².